The first-order valence-corrected chi connectivity index (χ1v) is 8.41. The summed E-state index contributed by atoms with van der Waals surface area (Å²) in [6, 6.07) is 0.0602. The fraction of sp³-hybridized carbons (Fsp3) is 0.917. The zero-order chi connectivity index (χ0) is 13.3. The van der Waals surface area contributed by atoms with Gasteiger partial charge in [0.1, 0.15) is 0 Å². The molecule has 3 atom stereocenters. The molecule has 2 N–H and O–H groups in total. The Balaban J connectivity index is 1.88. The van der Waals surface area contributed by atoms with Crippen LogP contribution in [0.3, 0.4) is 0 Å². The number of nitrogens with zero attached hydrogens (tertiary/aromatic N) is 1. The maximum atomic E-state index is 12.1. The maximum Gasteiger partial charge on any atom is 0.222 e. The van der Waals surface area contributed by atoms with Gasteiger partial charge in [-0.3, -0.25) is 4.79 Å². The van der Waals surface area contributed by atoms with Crippen molar-refractivity contribution in [1.82, 2.24) is 4.90 Å². The van der Waals surface area contributed by atoms with Crippen LogP contribution in [-0.4, -0.2) is 49.9 Å². The summed E-state index contributed by atoms with van der Waals surface area (Å²) in [5, 5.41) is 0. The van der Waals surface area contributed by atoms with Gasteiger partial charge in [-0.15, -0.1) is 0 Å². The minimum Gasteiger partial charge on any atom is -0.341 e. The van der Waals surface area contributed by atoms with Crippen LogP contribution in [0.15, 0.2) is 0 Å². The van der Waals surface area contributed by atoms with Crippen molar-refractivity contribution in [2.45, 2.75) is 32.2 Å². The fourth-order valence-corrected chi connectivity index (χ4v) is 4.87. The number of piperidine rings is 1. The predicted molar refractivity (Wildman–Crippen MR) is 69.7 cm³/mol. The standard InChI is InChI=1S/C12H22N2O3S/c1-9-4-11(13)7-14(6-9)12(15)5-10-2-3-18(16,17)8-10/h9-11H,2-8,13H2,1H3. The molecule has 3 unspecified atom stereocenters. The number of hydrogen-bond acceptors (Lipinski definition) is 4. The Labute approximate surface area is 109 Å². The molecule has 6 heteroatoms. The Kier molecular flexibility index (Phi) is 3.96. The van der Waals surface area contributed by atoms with Gasteiger partial charge in [-0.2, -0.15) is 0 Å². The van der Waals surface area contributed by atoms with E-state index in [0.29, 0.717) is 25.3 Å². The highest BCUT2D eigenvalue weighted by molar-refractivity contribution is 7.91. The lowest BCUT2D eigenvalue weighted by Crippen LogP contribution is -2.49. The summed E-state index contributed by atoms with van der Waals surface area (Å²) in [4.78, 5) is 13.9. The van der Waals surface area contributed by atoms with Crippen molar-refractivity contribution in [3.63, 3.8) is 0 Å². The Morgan fingerprint density at radius 1 is 1.39 bits per heavy atom. The summed E-state index contributed by atoms with van der Waals surface area (Å²) in [6.07, 6.45) is 1.95. The molecule has 2 saturated heterocycles. The Morgan fingerprint density at radius 2 is 2.11 bits per heavy atom. The van der Waals surface area contributed by atoms with Crippen molar-refractivity contribution >= 4 is 15.7 Å². The van der Waals surface area contributed by atoms with Crippen molar-refractivity contribution in [2.24, 2.45) is 17.6 Å². The summed E-state index contributed by atoms with van der Waals surface area (Å²) in [5.41, 5.74) is 5.91. The van der Waals surface area contributed by atoms with Gasteiger partial charge in [-0.1, -0.05) is 6.92 Å². The average Bonchev–Trinajstić information content (AvgIpc) is 2.56. The number of hydrogen-bond donors (Lipinski definition) is 1. The Hall–Kier alpha value is -0.620. The van der Waals surface area contributed by atoms with E-state index in [-0.39, 0.29) is 29.4 Å². The van der Waals surface area contributed by atoms with E-state index < -0.39 is 9.84 Å². The zero-order valence-corrected chi connectivity index (χ0v) is 11.7. The molecule has 2 heterocycles. The molecule has 104 valence electrons. The molecule has 0 aromatic rings. The van der Waals surface area contributed by atoms with Gasteiger partial charge in [-0.25, -0.2) is 8.42 Å². The van der Waals surface area contributed by atoms with Crippen LogP contribution in [0.1, 0.15) is 26.2 Å². The van der Waals surface area contributed by atoms with Crippen LogP contribution in [0, 0.1) is 11.8 Å². The molecule has 0 saturated carbocycles. The summed E-state index contributed by atoms with van der Waals surface area (Å²) >= 11 is 0. The van der Waals surface area contributed by atoms with Crippen LogP contribution in [0.25, 0.3) is 0 Å². The third-order valence-electron chi connectivity index (χ3n) is 3.83. The van der Waals surface area contributed by atoms with E-state index in [0.717, 1.165) is 13.0 Å². The fourth-order valence-electron chi connectivity index (χ4n) is 3.01. The van der Waals surface area contributed by atoms with E-state index in [2.05, 4.69) is 6.92 Å². The smallest absolute Gasteiger partial charge is 0.222 e. The first kappa shape index (κ1) is 13.8. The molecule has 0 bridgehead atoms. The lowest BCUT2D eigenvalue weighted by Gasteiger charge is -2.35. The highest BCUT2D eigenvalue weighted by Crippen LogP contribution is 2.24. The first-order chi connectivity index (χ1) is 8.35. The Bertz CT molecular complexity index is 411. The molecule has 18 heavy (non-hydrogen) atoms. The van der Waals surface area contributed by atoms with Crippen LogP contribution in [0.5, 0.6) is 0 Å². The highest BCUT2D eigenvalue weighted by Gasteiger charge is 2.32. The Morgan fingerprint density at radius 3 is 2.67 bits per heavy atom. The van der Waals surface area contributed by atoms with Crippen molar-refractivity contribution in [3.05, 3.63) is 0 Å². The second-order valence-electron chi connectivity index (χ2n) is 5.87. The number of amides is 1. The largest absolute Gasteiger partial charge is 0.341 e. The summed E-state index contributed by atoms with van der Waals surface area (Å²) in [6.45, 7) is 3.47. The van der Waals surface area contributed by atoms with E-state index in [1.54, 1.807) is 0 Å². The quantitative estimate of drug-likeness (QED) is 0.769. The van der Waals surface area contributed by atoms with Gasteiger partial charge in [0.05, 0.1) is 11.5 Å². The summed E-state index contributed by atoms with van der Waals surface area (Å²) < 4.78 is 22.7. The molecule has 0 spiro atoms. The van der Waals surface area contributed by atoms with Crippen molar-refractivity contribution < 1.29 is 13.2 Å². The lowest BCUT2D eigenvalue weighted by atomic mass is 9.95. The van der Waals surface area contributed by atoms with Gasteiger partial charge in [0.25, 0.3) is 0 Å². The molecule has 2 aliphatic heterocycles. The third kappa shape index (κ3) is 3.45. The number of nitrogens with two attached hydrogens (primary N) is 1. The van der Waals surface area contributed by atoms with Crippen molar-refractivity contribution in [1.29, 1.82) is 0 Å². The summed E-state index contributed by atoms with van der Waals surface area (Å²) in [7, 11) is -2.89. The van der Waals surface area contributed by atoms with Gasteiger partial charge in [0, 0.05) is 25.6 Å². The minimum absolute atomic E-state index is 0.0101. The average molecular weight is 274 g/mol. The van der Waals surface area contributed by atoms with E-state index in [1.807, 2.05) is 4.90 Å². The van der Waals surface area contributed by atoms with Crippen LogP contribution in [-0.2, 0) is 14.6 Å². The first-order valence-electron chi connectivity index (χ1n) is 6.59. The highest BCUT2D eigenvalue weighted by atomic mass is 32.2. The number of likely N-dealkylation sites (tertiary alicyclic amines) is 1. The number of carbonyl (C=O) groups is 1. The van der Waals surface area contributed by atoms with Crippen molar-refractivity contribution in [2.75, 3.05) is 24.6 Å². The third-order valence-corrected chi connectivity index (χ3v) is 5.67. The lowest BCUT2D eigenvalue weighted by molar-refractivity contribution is -0.134. The summed E-state index contributed by atoms with van der Waals surface area (Å²) in [5.74, 6) is 0.926. The SMILES string of the molecule is CC1CC(N)CN(C(=O)CC2CCS(=O)(=O)C2)C1. The van der Waals surface area contributed by atoms with Gasteiger partial charge in [-0.05, 0) is 24.7 Å². The molecule has 0 aliphatic carbocycles. The molecule has 1 amide bonds. The zero-order valence-electron chi connectivity index (χ0n) is 10.8. The van der Waals surface area contributed by atoms with E-state index in [1.165, 1.54) is 0 Å². The molecule has 2 rings (SSSR count). The number of rotatable bonds is 2. The number of sulfone groups is 1. The monoisotopic (exact) mass is 274 g/mol. The molecule has 5 nitrogen and oxygen atoms in total. The minimum atomic E-state index is -2.89. The molecule has 0 aromatic heterocycles. The van der Waals surface area contributed by atoms with Crippen LogP contribution in [0.4, 0.5) is 0 Å². The molecule has 2 aliphatic rings. The topological polar surface area (TPSA) is 80.5 Å². The second-order valence-corrected chi connectivity index (χ2v) is 8.10. The van der Waals surface area contributed by atoms with Gasteiger partial charge in [0.2, 0.25) is 5.91 Å². The molecule has 0 aromatic carbocycles. The molecular weight excluding hydrogens is 252 g/mol. The van der Waals surface area contributed by atoms with Crippen molar-refractivity contribution in [3.8, 4) is 0 Å². The van der Waals surface area contributed by atoms with E-state index in [4.69, 9.17) is 5.73 Å². The van der Waals surface area contributed by atoms with Crippen LogP contribution in [0.2, 0.25) is 0 Å². The molecule has 0 radical (unpaired) electrons. The van der Waals surface area contributed by atoms with E-state index >= 15 is 0 Å². The van der Waals surface area contributed by atoms with Crippen LogP contribution >= 0.6 is 0 Å². The normalized spacial score (nSPS) is 35.7. The van der Waals surface area contributed by atoms with E-state index in [9.17, 15) is 13.2 Å². The van der Waals surface area contributed by atoms with Gasteiger partial charge in [0.15, 0.2) is 9.84 Å². The van der Waals surface area contributed by atoms with Gasteiger partial charge >= 0.3 is 0 Å². The molecule has 2 fully saturated rings. The predicted octanol–water partition coefficient (Wildman–Crippen LogP) is 0.00690. The van der Waals surface area contributed by atoms with Gasteiger partial charge < -0.3 is 10.6 Å². The molecular formula is C12H22N2O3S. The number of carbonyl (C=O) groups excluding carboxylic acids is 1. The second kappa shape index (κ2) is 5.17. The maximum absolute atomic E-state index is 12.1. The van der Waals surface area contributed by atoms with Crippen LogP contribution < -0.4 is 5.73 Å².